The molecular formula is C11H19BN4. The zero-order valence-electron chi connectivity index (χ0n) is 10.2. The van der Waals surface area contributed by atoms with Crippen molar-refractivity contribution in [2.45, 2.75) is 26.5 Å². The van der Waals surface area contributed by atoms with Gasteiger partial charge < -0.3 is 9.19 Å². The molecule has 0 unspecified atom stereocenters. The van der Waals surface area contributed by atoms with E-state index in [1.165, 1.54) is 0 Å². The Kier molecular flexibility index (Phi) is 2.85. The van der Waals surface area contributed by atoms with Gasteiger partial charge in [-0.1, -0.05) is 26.5 Å². The zero-order chi connectivity index (χ0) is 11.6. The third kappa shape index (κ3) is 1.47. The average molecular weight is 218 g/mol. The Balaban J connectivity index is 2.56. The summed E-state index contributed by atoms with van der Waals surface area (Å²) < 4.78 is 6.54. The first kappa shape index (κ1) is 11.0. The predicted molar refractivity (Wildman–Crippen MR) is 65.3 cm³/mol. The van der Waals surface area contributed by atoms with Crippen LogP contribution < -0.4 is 4.59 Å². The summed E-state index contributed by atoms with van der Waals surface area (Å²) in [5.74, 6) is 0. The van der Waals surface area contributed by atoms with Gasteiger partial charge in [-0.05, 0) is 12.3 Å². The second-order valence-corrected chi connectivity index (χ2v) is 4.38. The Morgan fingerprint density at radius 2 is 1.94 bits per heavy atom. The molecule has 0 aliphatic carbocycles. The largest absolute Gasteiger partial charge is 0.415 e. The number of rotatable bonds is 4. The van der Waals surface area contributed by atoms with Gasteiger partial charge >= 0.3 is 6.42 Å². The van der Waals surface area contributed by atoms with E-state index < -0.39 is 6.42 Å². The van der Waals surface area contributed by atoms with Crippen molar-refractivity contribution in [3.63, 3.8) is 0 Å². The fourth-order valence-corrected chi connectivity index (χ4v) is 2.66. The van der Waals surface area contributed by atoms with Gasteiger partial charge in [-0.15, -0.1) is 0 Å². The van der Waals surface area contributed by atoms with Gasteiger partial charge in [0.15, 0.2) is 0 Å². The van der Waals surface area contributed by atoms with Gasteiger partial charge in [0.05, 0.1) is 13.2 Å². The van der Waals surface area contributed by atoms with Crippen LogP contribution in [0.3, 0.4) is 0 Å². The summed E-state index contributed by atoms with van der Waals surface area (Å²) in [5.41, 5.74) is 0. The van der Waals surface area contributed by atoms with Crippen LogP contribution in [0.15, 0.2) is 36.9 Å². The molecule has 0 aromatic carbocycles. The van der Waals surface area contributed by atoms with Crippen molar-refractivity contribution >= 4 is 6.42 Å². The van der Waals surface area contributed by atoms with Crippen molar-refractivity contribution in [2.24, 2.45) is 7.05 Å². The Bertz CT molecular complexity index is 442. The van der Waals surface area contributed by atoms with E-state index in [1.54, 1.807) is 0 Å². The van der Waals surface area contributed by atoms with Crippen molar-refractivity contribution in [3.05, 3.63) is 36.9 Å². The average Bonchev–Trinajstić information content (AvgIpc) is 2.94. The second-order valence-electron chi connectivity index (χ2n) is 4.38. The van der Waals surface area contributed by atoms with Crippen LogP contribution in [0.4, 0.5) is 0 Å². The lowest BCUT2D eigenvalue weighted by Gasteiger charge is -2.31. The van der Waals surface area contributed by atoms with Crippen LogP contribution in [0.2, 0.25) is 12.6 Å². The summed E-state index contributed by atoms with van der Waals surface area (Å²) in [6, 6.07) is 4.07. The molecule has 0 amide bonds. The molecule has 0 bridgehead atoms. The Morgan fingerprint density at radius 3 is 2.38 bits per heavy atom. The van der Waals surface area contributed by atoms with Crippen LogP contribution in [0.25, 0.3) is 0 Å². The van der Waals surface area contributed by atoms with Crippen LogP contribution in [0.5, 0.6) is 0 Å². The zero-order valence-corrected chi connectivity index (χ0v) is 10.2. The van der Waals surface area contributed by atoms with Crippen LogP contribution in [0.1, 0.15) is 13.8 Å². The third-order valence-electron chi connectivity index (χ3n) is 3.72. The van der Waals surface area contributed by atoms with Crippen molar-refractivity contribution in [3.8, 4) is 0 Å². The highest BCUT2D eigenvalue weighted by Gasteiger charge is 2.38. The highest BCUT2D eigenvalue weighted by molar-refractivity contribution is 6.69. The minimum absolute atomic E-state index is 0.840. The number of nitrogens with zero attached hydrogens (tertiary/aromatic N) is 4. The first-order valence-corrected chi connectivity index (χ1v) is 5.96. The van der Waals surface area contributed by atoms with Gasteiger partial charge in [0.1, 0.15) is 6.20 Å². The molecule has 0 saturated carbocycles. The smallest absolute Gasteiger partial charge is 0.377 e. The molecule has 2 heterocycles. The van der Waals surface area contributed by atoms with Gasteiger partial charge in [0, 0.05) is 12.3 Å². The van der Waals surface area contributed by atoms with Crippen molar-refractivity contribution in [1.29, 1.82) is 0 Å². The molecule has 16 heavy (non-hydrogen) atoms. The van der Waals surface area contributed by atoms with Crippen molar-refractivity contribution in [1.82, 2.24) is 14.4 Å². The third-order valence-corrected chi connectivity index (χ3v) is 3.72. The molecule has 2 aromatic rings. The quantitative estimate of drug-likeness (QED) is 0.712. The van der Waals surface area contributed by atoms with E-state index in [9.17, 15) is 0 Å². The molecule has 0 radical (unpaired) electrons. The number of hydrogen-bond donors (Lipinski definition) is 0. The maximum absolute atomic E-state index is 4.44. The maximum Gasteiger partial charge on any atom is 0.415 e. The molecule has 4 nitrogen and oxygen atoms in total. The molecule has 5 heteroatoms. The minimum atomic E-state index is -0.840. The van der Waals surface area contributed by atoms with E-state index in [-0.39, 0.29) is 0 Å². The Hall–Kier alpha value is -1.52. The van der Waals surface area contributed by atoms with Crippen molar-refractivity contribution < 1.29 is 4.59 Å². The number of hydrogen-bond acceptors (Lipinski definition) is 1. The molecule has 0 saturated heterocycles. The second kappa shape index (κ2) is 4.16. The highest BCUT2D eigenvalue weighted by atomic mass is 15.4. The molecule has 0 aliphatic heterocycles. The summed E-state index contributed by atoms with van der Waals surface area (Å²) in [7, 11) is 2.07. The van der Waals surface area contributed by atoms with Gasteiger partial charge in [0.2, 0.25) is 0 Å². The monoisotopic (exact) mass is 218 g/mol. The predicted octanol–water partition coefficient (Wildman–Crippen LogP) is 1.39. The molecule has 0 fully saturated rings. The van der Waals surface area contributed by atoms with E-state index in [0.29, 0.717) is 0 Å². The van der Waals surface area contributed by atoms with E-state index in [4.69, 9.17) is 0 Å². The van der Waals surface area contributed by atoms with Crippen LogP contribution in [-0.2, 0) is 7.05 Å². The molecule has 86 valence electrons. The minimum Gasteiger partial charge on any atom is -0.377 e. The molecule has 0 atom stereocenters. The van der Waals surface area contributed by atoms with E-state index in [0.717, 1.165) is 12.6 Å². The van der Waals surface area contributed by atoms with Crippen LogP contribution in [-0.4, -0.2) is 20.8 Å². The summed E-state index contributed by atoms with van der Waals surface area (Å²) >= 11 is 0. The SMILES string of the molecule is CC[B-](CC)(n1cccn1)[n+]1cccn1C. The number of aromatic nitrogens is 4. The molecule has 2 rings (SSSR count). The first-order valence-electron chi connectivity index (χ1n) is 5.96. The maximum atomic E-state index is 4.44. The lowest BCUT2D eigenvalue weighted by Crippen LogP contribution is -2.71. The van der Waals surface area contributed by atoms with E-state index in [1.807, 2.05) is 12.3 Å². The Morgan fingerprint density at radius 1 is 1.19 bits per heavy atom. The lowest BCUT2D eigenvalue weighted by atomic mass is 9.42. The summed E-state index contributed by atoms with van der Waals surface area (Å²) in [6.45, 7) is 4.45. The van der Waals surface area contributed by atoms with Gasteiger partial charge in [-0.2, -0.15) is 0 Å². The standard InChI is InChI=1S/C11H19BN4/c1-4-12(5-2,15-10-6-8-13-15)16-11-7-9-14(16)3/h6-11H,4-5H2,1-3H3. The molecule has 2 aromatic heterocycles. The normalized spacial score (nSPS) is 11.9. The molecule has 0 aliphatic rings. The first-order chi connectivity index (χ1) is 7.74. The van der Waals surface area contributed by atoms with Gasteiger partial charge in [-0.3, -0.25) is 0 Å². The lowest BCUT2D eigenvalue weighted by molar-refractivity contribution is -0.641. The fraction of sp³-hybridized carbons (Fsp3) is 0.455. The topological polar surface area (TPSA) is 26.6 Å². The summed E-state index contributed by atoms with van der Waals surface area (Å²) in [4.78, 5) is 0. The van der Waals surface area contributed by atoms with E-state index >= 15 is 0 Å². The van der Waals surface area contributed by atoms with Crippen LogP contribution in [0, 0.1) is 0 Å². The highest BCUT2D eigenvalue weighted by Crippen LogP contribution is 2.13. The van der Waals surface area contributed by atoms with Crippen molar-refractivity contribution in [2.75, 3.05) is 0 Å². The van der Waals surface area contributed by atoms with Gasteiger partial charge in [0.25, 0.3) is 0 Å². The molecule has 0 spiro atoms. The molecular weight excluding hydrogens is 199 g/mol. The Labute approximate surface area is 96.4 Å². The molecule has 0 N–H and O–H groups in total. The van der Waals surface area contributed by atoms with Crippen LogP contribution >= 0.6 is 0 Å². The van der Waals surface area contributed by atoms with E-state index in [2.05, 4.69) is 64.5 Å². The van der Waals surface area contributed by atoms with Gasteiger partial charge in [-0.25, -0.2) is 9.78 Å². The fourth-order valence-electron chi connectivity index (χ4n) is 2.66. The number of aryl methyl sites for hydroxylation is 1. The summed E-state index contributed by atoms with van der Waals surface area (Å²) in [6.07, 6.45) is 9.42. The summed E-state index contributed by atoms with van der Waals surface area (Å²) in [5, 5.41) is 4.44.